The lowest BCUT2D eigenvalue weighted by atomic mass is 10.0. The number of carboxylic acid groups (broad SMARTS) is 1. The molecule has 1 aromatic carbocycles. The lowest BCUT2D eigenvalue weighted by molar-refractivity contribution is 0.0699. The van der Waals surface area contributed by atoms with Crippen molar-refractivity contribution in [2.24, 2.45) is 5.92 Å². The molecule has 2 heterocycles. The Kier molecular flexibility index (Phi) is 3.75. The zero-order chi connectivity index (χ0) is 14.8. The number of benzene rings is 1. The van der Waals surface area contributed by atoms with E-state index in [0.717, 1.165) is 19.6 Å². The third-order valence-electron chi connectivity index (χ3n) is 4.03. The maximum Gasteiger partial charge on any atom is 0.336 e. The fraction of sp³-hybridized carbons (Fsp3) is 0.375. The van der Waals surface area contributed by atoms with E-state index in [1.165, 1.54) is 0 Å². The van der Waals surface area contributed by atoms with Gasteiger partial charge in [-0.05, 0) is 25.5 Å². The van der Waals surface area contributed by atoms with E-state index in [4.69, 9.17) is 4.74 Å². The molecular weight excluding hydrogens is 268 g/mol. The monoisotopic (exact) mass is 286 g/mol. The number of nitrogens with one attached hydrogen (secondary N) is 1. The Labute approximate surface area is 123 Å². The van der Waals surface area contributed by atoms with Crippen LogP contribution in [0.15, 0.2) is 30.3 Å². The molecular formula is C16H18N2O3. The fourth-order valence-electron chi connectivity index (χ4n) is 2.72. The molecule has 110 valence electrons. The summed E-state index contributed by atoms with van der Waals surface area (Å²) in [5.41, 5.74) is 0.967. The molecule has 21 heavy (non-hydrogen) atoms. The highest BCUT2D eigenvalue weighted by molar-refractivity contribution is 6.03. The Morgan fingerprint density at radius 2 is 2.29 bits per heavy atom. The van der Waals surface area contributed by atoms with Crippen LogP contribution >= 0.6 is 0 Å². The second-order valence-electron chi connectivity index (χ2n) is 5.38. The molecule has 5 heteroatoms. The number of rotatable bonds is 4. The Balaban J connectivity index is 1.86. The van der Waals surface area contributed by atoms with Crippen molar-refractivity contribution in [1.29, 1.82) is 0 Å². The minimum absolute atomic E-state index is 0.233. The molecule has 1 aliphatic rings. The third kappa shape index (κ3) is 2.83. The number of nitrogens with zero attached hydrogens (tertiary/aromatic N) is 1. The van der Waals surface area contributed by atoms with Crippen molar-refractivity contribution in [2.75, 3.05) is 18.5 Å². The van der Waals surface area contributed by atoms with Crippen molar-refractivity contribution >= 4 is 22.7 Å². The van der Waals surface area contributed by atoms with Crippen LogP contribution in [0.5, 0.6) is 0 Å². The van der Waals surface area contributed by atoms with Crippen LogP contribution in [0.3, 0.4) is 0 Å². The molecule has 0 spiro atoms. The van der Waals surface area contributed by atoms with Gasteiger partial charge < -0.3 is 15.2 Å². The summed E-state index contributed by atoms with van der Waals surface area (Å²) in [6.45, 7) is 3.60. The van der Waals surface area contributed by atoms with Crippen molar-refractivity contribution in [1.82, 2.24) is 4.98 Å². The van der Waals surface area contributed by atoms with Gasteiger partial charge in [-0.2, -0.15) is 0 Å². The number of para-hydroxylation sites is 1. The Morgan fingerprint density at radius 1 is 1.48 bits per heavy atom. The van der Waals surface area contributed by atoms with E-state index in [1.54, 1.807) is 12.1 Å². The normalized spacial score (nSPS) is 21.6. The lowest BCUT2D eigenvalue weighted by Gasteiger charge is -2.15. The first-order valence-electron chi connectivity index (χ1n) is 7.13. The first kappa shape index (κ1) is 13.8. The highest BCUT2D eigenvalue weighted by Gasteiger charge is 2.24. The van der Waals surface area contributed by atoms with Gasteiger partial charge in [0.15, 0.2) is 0 Å². The molecule has 5 nitrogen and oxygen atoms in total. The standard InChI is InChI=1S/C16H18N2O3/c1-10-11(6-7-21-10)9-17-15-8-13(16(19)20)12-4-2-3-5-14(12)18-15/h2-5,8,10-11H,6-7,9H2,1H3,(H,17,18)(H,19,20). The van der Waals surface area contributed by atoms with Crippen LogP contribution in [0.2, 0.25) is 0 Å². The van der Waals surface area contributed by atoms with Crippen molar-refractivity contribution in [2.45, 2.75) is 19.4 Å². The summed E-state index contributed by atoms with van der Waals surface area (Å²) in [5, 5.41) is 13.3. The van der Waals surface area contributed by atoms with Gasteiger partial charge in [0.25, 0.3) is 0 Å². The Bertz CT molecular complexity index is 672. The first-order valence-corrected chi connectivity index (χ1v) is 7.13. The van der Waals surface area contributed by atoms with E-state index < -0.39 is 5.97 Å². The smallest absolute Gasteiger partial charge is 0.336 e. The molecule has 2 unspecified atom stereocenters. The highest BCUT2D eigenvalue weighted by Crippen LogP contribution is 2.23. The maximum atomic E-state index is 11.4. The van der Waals surface area contributed by atoms with E-state index in [-0.39, 0.29) is 11.7 Å². The summed E-state index contributed by atoms with van der Waals surface area (Å²) >= 11 is 0. The first-order chi connectivity index (χ1) is 10.1. The van der Waals surface area contributed by atoms with Gasteiger partial charge in [0.2, 0.25) is 0 Å². The van der Waals surface area contributed by atoms with Crippen molar-refractivity contribution in [3.63, 3.8) is 0 Å². The molecule has 0 bridgehead atoms. The quantitative estimate of drug-likeness (QED) is 0.904. The van der Waals surface area contributed by atoms with Gasteiger partial charge in [-0.1, -0.05) is 18.2 Å². The van der Waals surface area contributed by atoms with Crippen LogP contribution in [-0.2, 0) is 4.74 Å². The average Bonchev–Trinajstić information content (AvgIpc) is 2.89. The van der Waals surface area contributed by atoms with Gasteiger partial charge in [-0.25, -0.2) is 9.78 Å². The summed E-state index contributed by atoms with van der Waals surface area (Å²) in [6, 6.07) is 8.89. The zero-order valence-electron chi connectivity index (χ0n) is 11.9. The molecule has 2 atom stereocenters. The van der Waals surface area contributed by atoms with Crippen molar-refractivity contribution in [3.05, 3.63) is 35.9 Å². The lowest BCUT2D eigenvalue weighted by Crippen LogP contribution is -2.21. The predicted molar refractivity (Wildman–Crippen MR) is 80.7 cm³/mol. The Morgan fingerprint density at radius 3 is 3.00 bits per heavy atom. The predicted octanol–water partition coefficient (Wildman–Crippen LogP) is 2.77. The molecule has 1 saturated heterocycles. The van der Waals surface area contributed by atoms with E-state index in [9.17, 15) is 9.90 Å². The van der Waals surface area contributed by atoms with E-state index in [0.29, 0.717) is 22.6 Å². The van der Waals surface area contributed by atoms with Gasteiger partial charge in [-0.15, -0.1) is 0 Å². The SMILES string of the molecule is CC1OCCC1CNc1cc(C(=O)O)c2ccccc2n1. The molecule has 1 aliphatic heterocycles. The Hall–Kier alpha value is -2.14. The maximum absolute atomic E-state index is 11.4. The molecule has 1 aromatic heterocycles. The summed E-state index contributed by atoms with van der Waals surface area (Å²) in [5.74, 6) is 0.103. The van der Waals surface area contributed by atoms with E-state index in [2.05, 4.69) is 17.2 Å². The number of anilines is 1. The van der Waals surface area contributed by atoms with Crippen LogP contribution in [0, 0.1) is 5.92 Å². The number of fused-ring (bicyclic) bond motifs is 1. The summed E-state index contributed by atoms with van der Waals surface area (Å²) in [4.78, 5) is 15.9. The number of carboxylic acids is 1. The topological polar surface area (TPSA) is 71.5 Å². The van der Waals surface area contributed by atoms with Gasteiger partial charge in [0.1, 0.15) is 5.82 Å². The number of carbonyl (C=O) groups is 1. The van der Waals surface area contributed by atoms with Crippen LogP contribution in [0.25, 0.3) is 10.9 Å². The molecule has 2 N–H and O–H groups in total. The van der Waals surface area contributed by atoms with Gasteiger partial charge in [0, 0.05) is 24.5 Å². The van der Waals surface area contributed by atoms with Crippen molar-refractivity contribution < 1.29 is 14.6 Å². The van der Waals surface area contributed by atoms with Gasteiger partial charge >= 0.3 is 5.97 Å². The molecule has 0 saturated carbocycles. The zero-order valence-corrected chi connectivity index (χ0v) is 11.9. The number of aromatic nitrogens is 1. The third-order valence-corrected chi connectivity index (χ3v) is 4.03. The van der Waals surface area contributed by atoms with Crippen molar-refractivity contribution in [3.8, 4) is 0 Å². The van der Waals surface area contributed by atoms with Crippen LogP contribution in [0.1, 0.15) is 23.7 Å². The minimum atomic E-state index is -0.936. The van der Waals surface area contributed by atoms with Gasteiger partial charge in [0.05, 0.1) is 17.2 Å². The molecule has 0 radical (unpaired) electrons. The fourth-order valence-corrected chi connectivity index (χ4v) is 2.72. The summed E-state index contributed by atoms with van der Waals surface area (Å²) in [7, 11) is 0. The van der Waals surface area contributed by atoms with Crippen LogP contribution < -0.4 is 5.32 Å². The number of aromatic carboxylic acids is 1. The van der Waals surface area contributed by atoms with Gasteiger partial charge in [-0.3, -0.25) is 0 Å². The molecule has 0 amide bonds. The summed E-state index contributed by atoms with van der Waals surface area (Å²) in [6.07, 6.45) is 1.25. The second kappa shape index (κ2) is 5.69. The van der Waals surface area contributed by atoms with Crippen LogP contribution in [-0.4, -0.2) is 35.3 Å². The highest BCUT2D eigenvalue weighted by atomic mass is 16.5. The molecule has 0 aliphatic carbocycles. The van der Waals surface area contributed by atoms with E-state index >= 15 is 0 Å². The second-order valence-corrected chi connectivity index (χ2v) is 5.38. The van der Waals surface area contributed by atoms with E-state index in [1.807, 2.05) is 18.2 Å². The number of hydrogen-bond donors (Lipinski definition) is 2. The molecule has 2 aromatic rings. The largest absolute Gasteiger partial charge is 0.478 e. The summed E-state index contributed by atoms with van der Waals surface area (Å²) < 4.78 is 5.53. The minimum Gasteiger partial charge on any atom is -0.478 e. The average molecular weight is 286 g/mol. The number of hydrogen-bond acceptors (Lipinski definition) is 4. The molecule has 1 fully saturated rings. The molecule has 3 rings (SSSR count). The van der Waals surface area contributed by atoms with Crippen LogP contribution in [0.4, 0.5) is 5.82 Å². The number of ether oxygens (including phenoxy) is 1. The number of pyridine rings is 1.